The first kappa shape index (κ1) is 23.9. The van der Waals surface area contributed by atoms with E-state index in [0.717, 1.165) is 22.4 Å². The summed E-state index contributed by atoms with van der Waals surface area (Å²) in [7, 11) is 0. The Bertz CT molecular complexity index is 1160. The number of ether oxygens (including phenoxy) is 1. The standard InChI is InChI=1S/C21H16F4N4O3S/c1-13(30)29(17-5-3-2-4-16(17)22)20-28-15(11-33-20)6-8-18(31)27-14-7-9-19(26-10-14)32-12-21(23,24)25/h2-11H,12H2,1H3,(H,27,31)/b8-6+. The van der Waals surface area contributed by atoms with Crippen molar-refractivity contribution in [2.75, 3.05) is 16.8 Å². The average molecular weight is 480 g/mol. The Balaban J connectivity index is 1.63. The predicted molar refractivity (Wildman–Crippen MR) is 115 cm³/mol. The van der Waals surface area contributed by atoms with Crippen molar-refractivity contribution in [2.24, 2.45) is 0 Å². The van der Waals surface area contributed by atoms with Gasteiger partial charge in [0.15, 0.2) is 11.7 Å². The number of benzene rings is 1. The van der Waals surface area contributed by atoms with Gasteiger partial charge in [0.1, 0.15) is 5.82 Å². The SMILES string of the molecule is CC(=O)N(c1nc(/C=C/C(=O)Nc2ccc(OCC(F)(F)F)nc2)cs1)c1ccccc1F. The second-order valence-electron chi connectivity index (χ2n) is 6.47. The second kappa shape index (κ2) is 10.2. The Kier molecular flexibility index (Phi) is 7.38. The number of rotatable bonds is 7. The van der Waals surface area contributed by atoms with Gasteiger partial charge in [0.05, 0.1) is 23.3 Å². The van der Waals surface area contributed by atoms with Gasteiger partial charge >= 0.3 is 6.18 Å². The van der Waals surface area contributed by atoms with Gasteiger partial charge in [-0.15, -0.1) is 11.3 Å². The maximum Gasteiger partial charge on any atom is 0.422 e. The van der Waals surface area contributed by atoms with E-state index in [2.05, 4.69) is 20.0 Å². The third-order valence-electron chi connectivity index (χ3n) is 3.90. The zero-order chi connectivity index (χ0) is 24.0. The van der Waals surface area contributed by atoms with Gasteiger partial charge < -0.3 is 10.1 Å². The number of carbonyl (C=O) groups is 2. The number of hydrogen-bond acceptors (Lipinski definition) is 6. The van der Waals surface area contributed by atoms with Crippen LogP contribution in [0.15, 0.2) is 54.1 Å². The van der Waals surface area contributed by atoms with Crippen LogP contribution in [0, 0.1) is 5.82 Å². The molecule has 2 amide bonds. The summed E-state index contributed by atoms with van der Waals surface area (Å²) in [6.45, 7) is -0.188. The Morgan fingerprint density at radius 3 is 2.61 bits per heavy atom. The van der Waals surface area contributed by atoms with E-state index in [1.54, 1.807) is 11.4 Å². The minimum absolute atomic E-state index is 0.0581. The lowest BCUT2D eigenvalue weighted by molar-refractivity contribution is -0.154. The van der Waals surface area contributed by atoms with Crippen LogP contribution < -0.4 is 15.0 Å². The van der Waals surface area contributed by atoms with Crippen LogP contribution in [0.4, 0.5) is 34.1 Å². The fraction of sp³-hybridized carbons (Fsp3) is 0.143. The summed E-state index contributed by atoms with van der Waals surface area (Å²) in [4.78, 5) is 33.2. The monoisotopic (exact) mass is 480 g/mol. The van der Waals surface area contributed by atoms with Crippen LogP contribution in [-0.4, -0.2) is 34.6 Å². The van der Waals surface area contributed by atoms with Crippen molar-refractivity contribution >= 4 is 45.7 Å². The molecule has 3 rings (SSSR count). The Hall–Kier alpha value is -3.80. The van der Waals surface area contributed by atoms with E-state index in [9.17, 15) is 27.2 Å². The largest absolute Gasteiger partial charge is 0.468 e. The molecule has 0 radical (unpaired) electrons. The van der Waals surface area contributed by atoms with Crippen LogP contribution in [0.2, 0.25) is 0 Å². The summed E-state index contributed by atoms with van der Waals surface area (Å²) in [5, 5.41) is 4.30. The molecule has 0 saturated carbocycles. The number of alkyl halides is 3. The smallest absolute Gasteiger partial charge is 0.422 e. The van der Waals surface area contributed by atoms with E-state index in [-0.39, 0.29) is 22.4 Å². The number of aromatic nitrogens is 2. The van der Waals surface area contributed by atoms with E-state index in [0.29, 0.717) is 5.69 Å². The highest BCUT2D eigenvalue weighted by Crippen LogP contribution is 2.31. The summed E-state index contributed by atoms with van der Waals surface area (Å²) >= 11 is 1.09. The topological polar surface area (TPSA) is 84.4 Å². The van der Waals surface area contributed by atoms with Crippen molar-refractivity contribution in [1.82, 2.24) is 9.97 Å². The lowest BCUT2D eigenvalue weighted by Crippen LogP contribution is -2.23. The quantitative estimate of drug-likeness (QED) is 0.382. The summed E-state index contributed by atoms with van der Waals surface area (Å²) in [6.07, 6.45) is -0.763. The molecule has 1 N–H and O–H groups in total. The molecule has 12 heteroatoms. The number of anilines is 3. The van der Waals surface area contributed by atoms with Crippen LogP contribution in [0.5, 0.6) is 5.88 Å². The van der Waals surface area contributed by atoms with Crippen molar-refractivity contribution in [3.8, 4) is 5.88 Å². The molecule has 0 bridgehead atoms. The summed E-state index contributed by atoms with van der Waals surface area (Å²) < 4.78 is 55.1. The van der Waals surface area contributed by atoms with Crippen molar-refractivity contribution < 1.29 is 31.9 Å². The summed E-state index contributed by atoms with van der Waals surface area (Å²) in [6, 6.07) is 8.31. The van der Waals surface area contributed by atoms with Crippen LogP contribution in [0.3, 0.4) is 0 Å². The normalized spacial score (nSPS) is 11.4. The summed E-state index contributed by atoms with van der Waals surface area (Å²) in [5.74, 6) is -1.80. The van der Waals surface area contributed by atoms with E-state index in [4.69, 9.17) is 0 Å². The van der Waals surface area contributed by atoms with Gasteiger partial charge in [-0.05, 0) is 24.3 Å². The molecule has 33 heavy (non-hydrogen) atoms. The van der Waals surface area contributed by atoms with Crippen LogP contribution in [0.25, 0.3) is 6.08 Å². The summed E-state index contributed by atoms with van der Waals surface area (Å²) in [5.41, 5.74) is 0.662. The fourth-order valence-corrected chi connectivity index (χ4v) is 3.38. The maximum absolute atomic E-state index is 14.1. The number of hydrogen-bond donors (Lipinski definition) is 1. The number of halogens is 4. The molecule has 0 spiro atoms. The number of carbonyl (C=O) groups excluding carboxylic acids is 2. The highest BCUT2D eigenvalue weighted by atomic mass is 32.1. The average Bonchev–Trinajstić information content (AvgIpc) is 3.21. The Labute approximate surface area is 189 Å². The molecule has 0 aliphatic carbocycles. The molecule has 7 nitrogen and oxygen atoms in total. The molecule has 0 atom stereocenters. The molecular formula is C21H16F4N4O3S. The van der Waals surface area contributed by atoms with Gasteiger partial charge in [-0.3, -0.25) is 14.5 Å². The third kappa shape index (κ3) is 6.84. The van der Waals surface area contributed by atoms with E-state index in [1.807, 2.05) is 0 Å². The van der Waals surface area contributed by atoms with Gasteiger partial charge in [0.25, 0.3) is 0 Å². The number of nitrogens with one attached hydrogen (secondary N) is 1. The minimum Gasteiger partial charge on any atom is -0.468 e. The Morgan fingerprint density at radius 2 is 1.97 bits per heavy atom. The maximum atomic E-state index is 14.1. The lowest BCUT2D eigenvalue weighted by atomic mass is 10.3. The van der Waals surface area contributed by atoms with Crippen LogP contribution in [-0.2, 0) is 9.59 Å². The molecule has 172 valence electrons. The van der Waals surface area contributed by atoms with Crippen molar-refractivity contribution in [2.45, 2.75) is 13.1 Å². The highest BCUT2D eigenvalue weighted by Gasteiger charge is 2.28. The molecule has 2 heterocycles. The first-order chi connectivity index (χ1) is 15.6. The number of amides is 2. The van der Waals surface area contributed by atoms with Gasteiger partial charge in [0, 0.05) is 24.4 Å². The fourth-order valence-electron chi connectivity index (χ4n) is 2.54. The first-order valence-corrected chi connectivity index (χ1v) is 10.2. The molecule has 2 aromatic heterocycles. The van der Waals surface area contributed by atoms with Crippen molar-refractivity contribution in [3.05, 3.63) is 65.6 Å². The molecule has 3 aromatic rings. The lowest BCUT2D eigenvalue weighted by Gasteiger charge is -2.18. The van der Waals surface area contributed by atoms with Gasteiger partial charge in [-0.1, -0.05) is 12.1 Å². The Morgan fingerprint density at radius 1 is 1.21 bits per heavy atom. The van der Waals surface area contributed by atoms with E-state index in [1.165, 1.54) is 49.4 Å². The van der Waals surface area contributed by atoms with Gasteiger partial charge in [0.2, 0.25) is 17.7 Å². The van der Waals surface area contributed by atoms with Crippen LogP contribution >= 0.6 is 11.3 Å². The molecular weight excluding hydrogens is 464 g/mol. The third-order valence-corrected chi connectivity index (χ3v) is 4.75. The number of thiazole rings is 1. The molecule has 0 fully saturated rings. The number of pyridine rings is 1. The zero-order valence-electron chi connectivity index (χ0n) is 17.0. The second-order valence-corrected chi connectivity index (χ2v) is 7.31. The van der Waals surface area contributed by atoms with Gasteiger partial charge in [-0.25, -0.2) is 14.4 Å². The molecule has 0 saturated heterocycles. The highest BCUT2D eigenvalue weighted by molar-refractivity contribution is 7.14. The van der Waals surface area contributed by atoms with Gasteiger partial charge in [-0.2, -0.15) is 13.2 Å². The van der Waals surface area contributed by atoms with E-state index < -0.39 is 30.4 Å². The van der Waals surface area contributed by atoms with Crippen LogP contribution in [0.1, 0.15) is 12.6 Å². The number of nitrogens with zero attached hydrogens (tertiary/aromatic N) is 3. The molecule has 0 unspecified atom stereocenters. The predicted octanol–water partition coefficient (Wildman–Crippen LogP) is 4.95. The van der Waals surface area contributed by atoms with E-state index >= 15 is 0 Å². The molecule has 0 aliphatic heterocycles. The van der Waals surface area contributed by atoms with Crippen molar-refractivity contribution in [3.63, 3.8) is 0 Å². The number of para-hydroxylation sites is 1. The zero-order valence-corrected chi connectivity index (χ0v) is 17.8. The minimum atomic E-state index is -4.48. The molecule has 0 aliphatic rings. The first-order valence-electron chi connectivity index (χ1n) is 9.28. The molecule has 1 aromatic carbocycles. The van der Waals surface area contributed by atoms with Crippen molar-refractivity contribution in [1.29, 1.82) is 0 Å².